The first-order chi connectivity index (χ1) is 12.3. The zero-order chi connectivity index (χ0) is 17.7. The second-order valence-electron chi connectivity index (χ2n) is 7.44. The molecule has 0 spiro atoms. The summed E-state index contributed by atoms with van der Waals surface area (Å²) in [5, 5.41) is 0. The normalized spacial score (nSPS) is 16.8. The van der Waals surface area contributed by atoms with Crippen LogP contribution >= 0.6 is 0 Å². The standard InChI is InChI=1S/C23H38N2/c1-3-5-7-8-9-13-17-23-24(18-14-6-4-2)19-20-25(23)21-22-15-11-10-12-16-22/h10-12,15-16,19-20,23H,3-9,13-14,17-18,21H2,1-2H3. The van der Waals surface area contributed by atoms with E-state index in [2.05, 4.69) is 66.4 Å². The van der Waals surface area contributed by atoms with Crippen LogP contribution in [0.5, 0.6) is 0 Å². The van der Waals surface area contributed by atoms with E-state index in [0.717, 1.165) is 6.54 Å². The van der Waals surface area contributed by atoms with E-state index in [9.17, 15) is 0 Å². The van der Waals surface area contributed by atoms with Gasteiger partial charge in [-0.15, -0.1) is 0 Å². The van der Waals surface area contributed by atoms with E-state index in [4.69, 9.17) is 0 Å². The maximum atomic E-state index is 2.59. The van der Waals surface area contributed by atoms with Crippen molar-refractivity contribution in [2.24, 2.45) is 0 Å². The number of hydrogen-bond acceptors (Lipinski definition) is 2. The minimum atomic E-state index is 0.559. The summed E-state index contributed by atoms with van der Waals surface area (Å²) in [6.07, 6.45) is 18.7. The molecular weight excluding hydrogens is 304 g/mol. The molecule has 0 bridgehead atoms. The van der Waals surface area contributed by atoms with Gasteiger partial charge in [-0.3, -0.25) is 0 Å². The van der Waals surface area contributed by atoms with Gasteiger partial charge in [-0.2, -0.15) is 0 Å². The monoisotopic (exact) mass is 342 g/mol. The average Bonchev–Trinajstić information content (AvgIpc) is 3.01. The summed E-state index contributed by atoms with van der Waals surface area (Å²) in [4.78, 5) is 5.14. The van der Waals surface area contributed by atoms with Gasteiger partial charge in [0.25, 0.3) is 0 Å². The molecule has 1 atom stereocenters. The predicted octanol–water partition coefficient (Wildman–Crippen LogP) is 6.54. The molecule has 1 aliphatic heterocycles. The van der Waals surface area contributed by atoms with Crippen molar-refractivity contribution in [3.05, 3.63) is 48.3 Å². The maximum Gasteiger partial charge on any atom is 0.101 e. The summed E-state index contributed by atoms with van der Waals surface area (Å²) in [6.45, 7) is 6.81. The molecule has 0 radical (unpaired) electrons. The molecule has 2 nitrogen and oxygen atoms in total. The molecule has 1 unspecified atom stereocenters. The summed E-state index contributed by atoms with van der Waals surface area (Å²) >= 11 is 0. The molecule has 25 heavy (non-hydrogen) atoms. The topological polar surface area (TPSA) is 6.48 Å². The molecular formula is C23H38N2. The van der Waals surface area contributed by atoms with E-state index in [1.807, 2.05) is 0 Å². The lowest BCUT2D eigenvalue weighted by molar-refractivity contribution is 0.132. The van der Waals surface area contributed by atoms with E-state index in [1.165, 1.54) is 76.3 Å². The Hall–Kier alpha value is -1.44. The number of rotatable bonds is 13. The summed E-state index contributed by atoms with van der Waals surface area (Å²) in [6, 6.07) is 10.9. The lowest BCUT2D eigenvalue weighted by atomic mass is 10.1. The first kappa shape index (κ1) is 19.9. The predicted molar refractivity (Wildman–Crippen MR) is 109 cm³/mol. The molecule has 0 saturated heterocycles. The molecule has 0 aliphatic carbocycles. The van der Waals surface area contributed by atoms with Crippen LogP contribution in [-0.2, 0) is 6.54 Å². The Morgan fingerprint density at radius 1 is 0.720 bits per heavy atom. The summed E-state index contributed by atoms with van der Waals surface area (Å²) in [5.74, 6) is 0. The number of unbranched alkanes of at least 4 members (excludes halogenated alkanes) is 7. The van der Waals surface area contributed by atoms with Gasteiger partial charge in [0.2, 0.25) is 0 Å². The van der Waals surface area contributed by atoms with E-state index in [1.54, 1.807) is 0 Å². The summed E-state index contributed by atoms with van der Waals surface area (Å²) in [7, 11) is 0. The van der Waals surface area contributed by atoms with Gasteiger partial charge in [0.05, 0.1) is 0 Å². The molecule has 1 heterocycles. The fraction of sp³-hybridized carbons (Fsp3) is 0.652. The van der Waals surface area contributed by atoms with Gasteiger partial charge in [-0.25, -0.2) is 0 Å². The quantitative estimate of drug-likeness (QED) is 0.375. The van der Waals surface area contributed by atoms with Gasteiger partial charge < -0.3 is 9.80 Å². The van der Waals surface area contributed by atoms with Gasteiger partial charge >= 0.3 is 0 Å². The minimum Gasteiger partial charge on any atom is -0.356 e. The molecule has 1 aliphatic rings. The Labute approximate surface area is 155 Å². The highest BCUT2D eigenvalue weighted by Crippen LogP contribution is 2.24. The maximum absolute atomic E-state index is 2.59. The Kier molecular flexibility index (Phi) is 9.54. The highest BCUT2D eigenvalue weighted by Gasteiger charge is 2.25. The van der Waals surface area contributed by atoms with Crippen molar-refractivity contribution in [1.29, 1.82) is 0 Å². The number of nitrogens with zero attached hydrogens (tertiary/aromatic N) is 2. The van der Waals surface area contributed by atoms with Crippen molar-refractivity contribution in [2.45, 2.75) is 90.8 Å². The van der Waals surface area contributed by atoms with Crippen LogP contribution in [0, 0.1) is 0 Å². The fourth-order valence-electron chi connectivity index (χ4n) is 3.72. The molecule has 2 rings (SSSR count). The average molecular weight is 343 g/mol. The minimum absolute atomic E-state index is 0.559. The third-order valence-electron chi connectivity index (χ3n) is 5.26. The fourth-order valence-corrected chi connectivity index (χ4v) is 3.72. The molecule has 0 N–H and O–H groups in total. The zero-order valence-corrected chi connectivity index (χ0v) is 16.5. The first-order valence-corrected chi connectivity index (χ1v) is 10.6. The highest BCUT2D eigenvalue weighted by molar-refractivity contribution is 5.15. The van der Waals surface area contributed by atoms with E-state index < -0.39 is 0 Å². The first-order valence-electron chi connectivity index (χ1n) is 10.6. The van der Waals surface area contributed by atoms with Gasteiger partial charge in [-0.1, -0.05) is 89.1 Å². The second kappa shape index (κ2) is 12.0. The second-order valence-corrected chi connectivity index (χ2v) is 7.44. The van der Waals surface area contributed by atoms with Crippen LogP contribution in [0.4, 0.5) is 0 Å². The van der Waals surface area contributed by atoms with Crippen LogP contribution in [0.1, 0.15) is 83.6 Å². The van der Waals surface area contributed by atoms with Crippen LogP contribution in [0.2, 0.25) is 0 Å². The molecule has 140 valence electrons. The van der Waals surface area contributed by atoms with Crippen molar-refractivity contribution in [3.8, 4) is 0 Å². The molecule has 1 aromatic rings. The van der Waals surface area contributed by atoms with Gasteiger partial charge in [0.1, 0.15) is 6.17 Å². The molecule has 0 aromatic heterocycles. The summed E-state index contributed by atoms with van der Waals surface area (Å²) in [5.41, 5.74) is 1.41. The van der Waals surface area contributed by atoms with E-state index in [-0.39, 0.29) is 0 Å². The van der Waals surface area contributed by atoms with Crippen molar-refractivity contribution in [2.75, 3.05) is 6.54 Å². The molecule has 1 aromatic carbocycles. The van der Waals surface area contributed by atoms with Crippen LogP contribution < -0.4 is 0 Å². The van der Waals surface area contributed by atoms with Crippen LogP contribution in [0.3, 0.4) is 0 Å². The van der Waals surface area contributed by atoms with E-state index in [0.29, 0.717) is 6.17 Å². The summed E-state index contributed by atoms with van der Waals surface area (Å²) < 4.78 is 0. The van der Waals surface area contributed by atoms with Crippen LogP contribution in [0.15, 0.2) is 42.7 Å². The third kappa shape index (κ3) is 7.13. The van der Waals surface area contributed by atoms with Crippen molar-refractivity contribution < 1.29 is 0 Å². The molecule has 0 fully saturated rings. The van der Waals surface area contributed by atoms with Crippen molar-refractivity contribution in [3.63, 3.8) is 0 Å². The molecule has 2 heteroatoms. The van der Waals surface area contributed by atoms with Crippen molar-refractivity contribution >= 4 is 0 Å². The Morgan fingerprint density at radius 3 is 2.12 bits per heavy atom. The van der Waals surface area contributed by atoms with Crippen LogP contribution in [-0.4, -0.2) is 22.5 Å². The highest BCUT2D eigenvalue weighted by atomic mass is 15.4. The molecule has 0 amide bonds. The van der Waals surface area contributed by atoms with Crippen molar-refractivity contribution in [1.82, 2.24) is 9.80 Å². The Balaban J connectivity index is 1.84. The smallest absolute Gasteiger partial charge is 0.101 e. The largest absolute Gasteiger partial charge is 0.356 e. The van der Waals surface area contributed by atoms with E-state index >= 15 is 0 Å². The van der Waals surface area contributed by atoms with Gasteiger partial charge in [0, 0.05) is 25.5 Å². The lowest BCUT2D eigenvalue weighted by Gasteiger charge is -2.33. The van der Waals surface area contributed by atoms with Gasteiger partial charge in [0.15, 0.2) is 0 Å². The molecule has 0 saturated carbocycles. The Bertz CT molecular complexity index is 468. The number of benzene rings is 1. The zero-order valence-electron chi connectivity index (χ0n) is 16.5. The lowest BCUT2D eigenvalue weighted by Crippen LogP contribution is -2.38. The SMILES string of the molecule is CCCCCCCCC1N(CCCCC)C=CN1Cc1ccccc1. The van der Waals surface area contributed by atoms with Gasteiger partial charge in [-0.05, 0) is 24.8 Å². The van der Waals surface area contributed by atoms with Crippen LogP contribution in [0.25, 0.3) is 0 Å². The Morgan fingerprint density at radius 2 is 1.36 bits per heavy atom. The number of hydrogen-bond donors (Lipinski definition) is 0. The third-order valence-corrected chi connectivity index (χ3v) is 5.26.